The maximum atomic E-state index is 13.2. The van der Waals surface area contributed by atoms with Crippen molar-refractivity contribution in [3.05, 3.63) is 92.7 Å². The standard InChI is InChI=1S/C24H22Cl2FNO3/c1-14(16-4-6-17(27)7-5-16)19-9-15(3-8-23(19)29)10-20-21(25)11-18(12-22(20)26)31-13-24(30)28-2/h3-9,11-12,14,29H,10,13H2,1-2H3,(H,28,30)/t14-/m1/s1. The van der Waals surface area contributed by atoms with Gasteiger partial charge in [0, 0.05) is 35.0 Å². The van der Waals surface area contributed by atoms with Gasteiger partial charge in [-0.05, 0) is 47.0 Å². The van der Waals surface area contributed by atoms with E-state index in [1.165, 1.54) is 19.2 Å². The fourth-order valence-electron chi connectivity index (χ4n) is 3.25. The number of amides is 1. The van der Waals surface area contributed by atoms with Gasteiger partial charge in [-0.15, -0.1) is 0 Å². The zero-order valence-corrected chi connectivity index (χ0v) is 18.6. The molecule has 3 aromatic rings. The van der Waals surface area contributed by atoms with Crippen LogP contribution in [0.2, 0.25) is 10.0 Å². The monoisotopic (exact) mass is 461 g/mol. The second kappa shape index (κ2) is 10.0. The highest BCUT2D eigenvalue weighted by Gasteiger charge is 2.16. The average molecular weight is 462 g/mol. The number of hydrogen-bond donors (Lipinski definition) is 2. The number of benzene rings is 3. The highest BCUT2D eigenvalue weighted by Crippen LogP contribution is 2.35. The molecule has 7 heteroatoms. The Morgan fingerprint density at radius 2 is 1.74 bits per heavy atom. The smallest absolute Gasteiger partial charge is 0.257 e. The fourth-order valence-corrected chi connectivity index (χ4v) is 3.85. The first-order chi connectivity index (χ1) is 14.8. The van der Waals surface area contributed by atoms with Crippen LogP contribution in [-0.4, -0.2) is 24.7 Å². The number of rotatable bonds is 7. The van der Waals surface area contributed by atoms with Crippen molar-refractivity contribution >= 4 is 29.1 Å². The van der Waals surface area contributed by atoms with Gasteiger partial charge in [-0.1, -0.05) is 54.4 Å². The van der Waals surface area contributed by atoms with Gasteiger partial charge in [-0.3, -0.25) is 4.79 Å². The van der Waals surface area contributed by atoms with E-state index in [1.807, 2.05) is 13.0 Å². The summed E-state index contributed by atoms with van der Waals surface area (Å²) >= 11 is 12.9. The van der Waals surface area contributed by atoms with Crippen LogP contribution in [0.15, 0.2) is 54.6 Å². The summed E-state index contributed by atoms with van der Waals surface area (Å²) in [6.07, 6.45) is 0.441. The highest BCUT2D eigenvalue weighted by atomic mass is 35.5. The summed E-state index contributed by atoms with van der Waals surface area (Å²) in [4.78, 5) is 11.4. The number of carbonyl (C=O) groups excluding carboxylic acids is 1. The van der Waals surface area contributed by atoms with E-state index in [0.29, 0.717) is 27.8 Å². The lowest BCUT2D eigenvalue weighted by Gasteiger charge is -2.16. The third-order valence-corrected chi connectivity index (χ3v) is 5.75. The molecule has 0 heterocycles. The van der Waals surface area contributed by atoms with E-state index in [9.17, 15) is 14.3 Å². The van der Waals surface area contributed by atoms with Crippen LogP contribution in [0, 0.1) is 5.82 Å². The molecule has 0 spiro atoms. The van der Waals surface area contributed by atoms with Gasteiger partial charge in [0.2, 0.25) is 0 Å². The Bertz CT molecular complexity index is 1060. The van der Waals surface area contributed by atoms with Crippen molar-refractivity contribution in [3.8, 4) is 11.5 Å². The topological polar surface area (TPSA) is 58.6 Å². The molecule has 1 atom stereocenters. The molecular formula is C24H22Cl2FNO3. The fraction of sp³-hybridized carbons (Fsp3) is 0.208. The summed E-state index contributed by atoms with van der Waals surface area (Å²) in [5.74, 6) is -0.134. The third kappa shape index (κ3) is 5.69. The minimum Gasteiger partial charge on any atom is -0.508 e. The van der Waals surface area contributed by atoms with Gasteiger partial charge in [0.1, 0.15) is 17.3 Å². The molecule has 0 bridgehead atoms. The first-order valence-corrected chi connectivity index (χ1v) is 10.4. The lowest BCUT2D eigenvalue weighted by molar-refractivity contribution is -0.122. The Kier molecular flexibility index (Phi) is 7.42. The van der Waals surface area contributed by atoms with Crippen LogP contribution in [0.4, 0.5) is 4.39 Å². The van der Waals surface area contributed by atoms with Crippen LogP contribution >= 0.6 is 23.2 Å². The Balaban J connectivity index is 1.83. The van der Waals surface area contributed by atoms with Crippen molar-refractivity contribution < 1.29 is 19.0 Å². The van der Waals surface area contributed by atoms with Gasteiger partial charge in [-0.25, -0.2) is 4.39 Å². The van der Waals surface area contributed by atoms with Crippen LogP contribution < -0.4 is 10.1 Å². The van der Waals surface area contributed by atoms with Crippen LogP contribution in [-0.2, 0) is 11.2 Å². The van der Waals surface area contributed by atoms with Crippen molar-refractivity contribution in [1.82, 2.24) is 5.32 Å². The molecule has 0 unspecified atom stereocenters. The van der Waals surface area contributed by atoms with Crippen LogP contribution in [0.3, 0.4) is 0 Å². The molecule has 31 heavy (non-hydrogen) atoms. The number of nitrogens with one attached hydrogen (secondary N) is 1. The van der Waals surface area contributed by atoms with Crippen molar-refractivity contribution in [1.29, 1.82) is 0 Å². The lowest BCUT2D eigenvalue weighted by Crippen LogP contribution is -2.24. The predicted octanol–water partition coefficient (Wildman–Crippen LogP) is 5.71. The minimum absolute atomic E-state index is 0.132. The van der Waals surface area contributed by atoms with Gasteiger partial charge in [0.25, 0.3) is 5.91 Å². The van der Waals surface area contributed by atoms with Gasteiger partial charge >= 0.3 is 0 Å². The van der Waals surface area contributed by atoms with Crippen molar-refractivity contribution in [2.24, 2.45) is 0 Å². The minimum atomic E-state index is -0.305. The molecule has 0 radical (unpaired) electrons. The molecule has 0 fully saturated rings. The maximum absolute atomic E-state index is 13.2. The van der Waals surface area contributed by atoms with Crippen molar-refractivity contribution in [2.45, 2.75) is 19.3 Å². The van der Waals surface area contributed by atoms with E-state index < -0.39 is 0 Å². The number of hydrogen-bond acceptors (Lipinski definition) is 3. The van der Waals surface area contributed by atoms with Gasteiger partial charge in [0.15, 0.2) is 6.61 Å². The van der Waals surface area contributed by atoms with Gasteiger partial charge in [0.05, 0.1) is 0 Å². The zero-order valence-electron chi connectivity index (χ0n) is 17.1. The molecule has 0 aromatic heterocycles. The lowest BCUT2D eigenvalue weighted by atomic mass is 9.90. The molecular weight excluding hydrogens is 440 g/mol. The van der Waals surface area contributed by atoms with Crippen LogP contribution in [0.5, 0.6) is 11.5 Å². The molecule has 3 rings (SSSR count). The predicted molar refractivity (Wildman–Crippen MR) is 121 cm³/mol. The molecule has 1 amide bonds. The average Bonchev–Trinajstić information content (AvgIpc) is 2.75. The summed E-state index contributed by atoms with van der Waals surface area (Å²) in [6, 6.07) is 14.8. The quantitative estimate of drug-likeness (QED) is 0.473. The molecule has 162 valence electrons. The normalized spacial score (nSPS) is 11.8. The summed E-state index contributed by atoms with van der Waals surface area (Å²) in [5.41, 5.74) is 3.23. The number of likely N-dealkylation sites (N-methyl/N-ethyl adjacent to an activating group) is 1. The Hall–Kier alpha value is -2.76. The SMILES string of the molecule is CNC(=O)COc1cc(Cl)c(Cc2ccc(O)c([C@H](C)c3ccc(F)cc3)c2)c(Cl)c1. The molecule has 0 aliphatic carbocycles. The Morgan fingerprint density at radius 3 is 2.35 bits per heavy atom. The van der Waals surface area contributed by atoms with Crippen LogP contribution in [0.25, 0.3) is 0 Å². The van der Waals surface area contributed by atoms with Gasteiger partial charge in [-0.2, -0.15) is 0 Å². The number of phenols is 1. The van der Waals surface area contributed by atoms with Gasteiger partial charge < -0.3 is 15.2 Å². The second-order valence-corrected chi connectivity index (χ2v) is 7.98. The number of carbonyl (C=O) groups is 1. The summed E-state index contributed by atoms with van der Waals surface area (Å²) < 4.78 is 18.7. The zero-order chi connectivity index (χ0) is 22.5. The second-order valence-electron chi connectivity index (χ2n) is 7.17. The van der Waals surface area contributed by atoms with Crippen molar-refractivity contribution in [3.63, 3.8) is 0 Å². The van der Waals surface area contributed by atoms with E-state index in [-0.39, 0.29) is 30.0 Å². The molecule has 2 N–H and O–H groups in total. The van der Waals surface area contributed by atoms with Crippen LogP contribution in [0.1, 0.15) is 35.1 Å². The Labute approximate surface area is 190 Å². The molecule has 4 nitrogen and oxygen atoms in total. The number of aromatic hydroxyl groups is 1. The highest BCUT2D eigenvalue weighted by molar-refractivity contribution is 6.36. The van der Waals surface area contributed by atoms with E-state index >= 15 is 0 Å². The molecule has 0 aliphatic heterocycles. The summed E-state index contributed by atoms with van der Waals surface area (Å²) in [6.45, 7) is 1.82. The first-order valence-electron chi connectivity index (χ1n) is 9.67. The van der Waals surface area contributed by atoms with E-state index in [4.69, 9.17) is 27.9 Å². The number of halogens is 3. The maximum Gasteiger partial charge on any atom is 0.257 e. The summed E-state index contributed by atoms with van der Waals surface area (Å²) in [5, 5.41) is 13.7. The van der Waals surface area contributed by atoms with E-state index in [1.54, 1.807) is 36.4 Å². The number of ether oxygens (including phenoxy) is 1. The third-order valence-electron chi connectivity index (χ3n) is 5.07. The number of phenolic OH excluding ortho intramolecular Hbond substituents is 1. The van der Waals surface area contributed by atoms with Crippen molar-refractivity contribution in [2.75, 3.05) is 13.7 Å². The Morgan fingerprint density at radius 1 is 1.10 bits per heavy atom. The van der Waals surface area contributed by atoms with E-state index in [2.05, 4.69) is 5.32 Å². The molecule has 0 saturated carbocycles. The molecule has 0 aliphatic rings. The van der Waals surface area contributed by atoms with E-state index in [0.717, 1.165) is 16.7 Å². The largest absolute Gasteiger partial charge is 0.508 e. The summed E-state index contributed by atoms with van der Waals surface area (Å²) in [7, 11) is 1.53. The molecule has 3 aromatic carbocycles. The first kappa shape index (κ1) is 22.9. The molecule has 0 saturated heterocycles.